The van der Waals surface area contributed by atoms with Gasteiger partial charge in [-0.2, -0.15) is 0 Å². The lowest BCUT2D eigenvalue weighted by Gasteiger charge is -2.36. The molecule has 0 saturated carbocycles. The number of carbonyl (C=O) groups is 1. The molecule has 0 aliphatic carbocycles. The molecule has 1 fully saturated rings. The SMILES string of the molecule is CN=C(NCc1ccc(F)c(CN(C)C)c1)N1CCN(C(=O)c2ccco2)CC1.I. The third-order valence-corrected chi connectivity index (χ3v) is 4.86. The van der Waals surface area contributed by atoms with Crippen LogP contribution >= 0.6 is 24.0 Å². The van der Waals surface area contributed by atoms with E-state index in [1.165, 1.54) is 12.3 Å². The Hall–Kier alpha value is -2.14. The van der Waals surface area contributed by atoms with Crippen LogP contribution in [0.3, 0.4) is 0 Å². The van der Waals surface area contributed by atoms with Crippen molar-refractivity contribution in [1.82, 2.24) is 20.0 Å². The second-order valence-electron chi connectivity index (χ2n) is 7.32. The van der Waals surface area contributed by atoms with Crippen LogP contribution in [0.1, 0.15) is 21.7 Å². The first kappa shape index (κ1) is 24.1. The highest BCUT2D eigenvalue weighted by Gasteiger charge is 2.25. The molecule has 0 atom stereocenters. The lowest BCUT2D eigenvalue weighted by molar-refractivity contribution is 0.0657. The van der Waals surface area contributed by atoms with E-state index in [4.69, 9.17) is 4.42 Å². The first-order valence-corrected chi connectivity index (χ1v) is 9.68. The van der Waals surface area contributed by atoms with Gasteiger partial charge in [-0.15, -0.1) is 24.0 Å². The highest BCUT2D eigenvalue weighted by molar-refractivity contribution is 14.0. The van der Waals surface area contributed by atoms with Crippen LogP contribution in [0.15, 0.2) is 46.0 Å². The van der Waals surface area contributed by atoms with E-state index in [0.717, 1.165) is 11.5 Å². The van der Waals surface area contributed by atoms with Gasteiger partial charge < -0.3 is 24.4 Å². The second-order valence-corrected chi connectivity index (χ2v) is 7.32. The fraction of sp³-hybridized carbons (Fsp3) is 0.429. The Bertz CT molecular complexity index is 849. The standard InChI is InChI=1S/C21H28FN5O2.HI/c1-23-21(24-14-16-6-7-18(22)17(13-16)15-25(2)3)27-10-8-26(9-11-27)20(28)19-5-4-12-29-19;/h4-7,12-13H,8-11,14-15H2,1-3H3,(H,23,24);1H. The molecule has 1 amide bonds. The van der Waals surface area contributed by atoms with Gasteiger partial charge in [0.25, 0.3) is 5.91 Å². The van der Waals surface area contributed by atoms with Gasteiger partial charge in [0.2, 0.25) is 0 Å². The smallest absolute Gasteiger partial charge is 0.289 e. The number of halogens is 2. The topological polar surface area (TPSA) is 64.3 Å². The number of hydrogen-bond donors (Lipinski definition) is 1. The Labute approximate surface area is 193 Å². The Balaban J connectivity index is 0.00000320. The quantitative estimate of drug-likeness (QED) is 0.367. The van der Waals surface area contributed by atoms with Gasteiger partial charge in [-0.05, 0) is 43.9 Å². The van der Waals surface area contributed by atoms with Crippen molar-refractivity contribution in [3.05, 3.63) is 59.3 Å². The van der Waals surface area contributed by atoms with Crippen molar-refractivity contribution in [1.29, 1.82) is 0 Å². The number of guanidine groups is 1. The molecule has 7 nitrogen and oxygen atoms in total. The zero-order valence-corrected chi connectivity index (χ0v) is 19.9. The maximum absolute atomic E-state index is 14.0. The summed E-state index contributed by atoms with van der Waals surface area (Å²) in [5.74, 6) is 0.862. The zero-order valence-electron chi connectivity index (χ0n) is 17.6. The second kappa shape index (κ2) is 11.3. The van der Waals surface area contributed by atoms with E-state index < -0.39 is 0 Å². The number of rotatable bonds is 5. The third-order valence-electron chi connectivity index (χ3n) is 4.86. The maximum Gasteiger partial charge on any atom is 0.289 e. The average Bonchev–Trinajstić information content (AvgIpc) is 3.25. The van der Waals surface area contributed by atoms with Crippen molar-refractivity contribution in [3.63, 3.8) is 0 Å². The lowest BCUT2D eigenvalue weighted by atomic mass is 10.1. The van der Waals surface area contributed by atoms with Crippen molar-refractivity contribution in [3.8, 4) is 0 Å². The molecule has 1 N–H and O–H groups in total. The number of nitrogens with zero attached hydrogens (tertiary/aromatic N) is 4. The molecule has 9 heteroatoms. The first-order valence-electron chi connectivity index (χ1n) is 9.68. The predicted molar refractivity (Wildman–Crippen MR) is 126 cm³/mol. The Kier molecular flexibility index (Phi) is 9.09. The Morgan fingerprint density at radius 1 is 1.20 bits per heavy atom. The molecule has 3 rings (SSSR count). The maximum atomic E-state index is 14.0. The largest absolute Gasteiger partial charge is 0.459 e. The molecule has 164 valence electrons. The molecule has 2 heterocycles. The van der Waals surface area contributed by atoms with Crippen molar-refractivity contribution in [2.75, 3.05) is 47.3 Å². The summed E-state index contributed by atoms with van der Waals surface area (Å²) in [7, 11) is 5.58. The summed E-state index contributed by atoms with van der Waals surface area (Å²) in [6.45, 7) is 3.68. The Morgan fingerprint density at radius 2 is 1.90 bits per heavy atom. The van der Waals surface area contributed by atoms with E-state index in [2.05, 4.69) is 15.2 Å². The molecule has 1 aliphatic rings. The summed E-state index contributed by atoms with van der Waals surface area (Å²) in [4.78, 5) is 22.6. The number of amides is 1. The number of furan rings is 1. The molecule has 0 unspecified atom stereocenters. The molecule has 1 aliphatic heterocycles. The molecular formula is C21H29FIN5O2. The minimum absolute atomic E-state index is 0. The van der Waals surface area contributed by atoms with Gasteiger partial charge in [0, 0.05) is 51.9 Å². The van der Waals surface area contributed by atoms with E-state index in [0.29, 0.717) is 50.6 Å². The van der Waals surface area contributed by atoms with Crippen molar-refractivity contribution in [2.24, 2.45) is 4.99 Å². The summed E-state index contributed by atoms with van der Waals surface area (Å²) in [5, 5.41) is 3.34. The van der Waals surface area contributed by atoms with Gasteiger partial charge in [0.05, 0.1) is 6.26 Å². The Morgan fingerprint density at radius 3 is 2.50 bits per heavy atom. The van der Waals surface area contributed by atoms with E-state index in [9.17, 15) is 9.18 Å². The normalized spacial score (nSPS) is 14.6. The number of hydrogen-bond acceptors (Lipinski definition) is 4. The van der Waals surface area contributed by atoms with Crippen LogP contribution in [0.5, 0.6) is 0 Å². The van der Waals surface area contributed by atoms with Gasteiger partial charge in [0.1, 0.15) is 5.82 Å². The molecule has 0 spiro atoms. The van der Waals surface area contributed by atoms with Crippen molar-refractivity contribution < 1.29 is 13.6 Å². The zero-order chi connectivity index (χ0) is 20.8. The summed E-state index contributed by atoms with van der Waals surface area (Å²) >= 11 is 0. The number of benzene rings is 1. The fourth-order valence-electron chi connectivity index (χ4n) is 3.39. The van der Waals surface area contributed by atoms with Crippen LogP contribution in [0.4, 0.5) is 4.39 Å². The number of aliphatic imine (C=N–C) groups is 1. The van der Waals surface area contributed by atoms with E-state index >= 15 is 0 Å². The summed E-state index contributed by atoms with van der Waals surface area (Å²) in [6.07, 6.45) is 1.51. The van der Waals surface area contributed by atoms with Gasteiger partial charge in [-0.1, -0.05) is 6.07 Å². The number of nitrogens with one attached hydrogen (secondary N) is 1. The number of carbonyl (C=O) groups excluding carboxylic acids is 1. The van der Waals surface area contributed by atoms with Crippen molar-refractivity contribution in [2.45, 2.75) is 13.1 Å². The molecular weight excluding hydrogens is 500 g/mol. The molecule has 30 heavy (non-hydrogen) atoms. The van der Waals surface area contributed by atoms with Crippen LogP contribution in [-0.4, -0.2) is 73.9 Å². The minimum atomic E-state index is -0.191. The van der Waals surface area contributed by atoms with Crippen LogP contribution in [0.25, 0.3) is 0 Å². The van der Waals surface area contributed by atoms with Crippen molar-refractivity contribution >= 4 is 35.8 Å². The molecule has 0 bridgehead atoms. The summed E-state index contributed by atoms with van der Waals surface area (Å²) in [6, 6.07) is 8.58. The van der Waals surface area contributed by atoms with Gasteiger partial charge >= 0.3 is 0 Å². The highest BCUT2D eigenvalue weighted by Crippen LogP contribution is 2.13. The molecule has 2 aromatic rings. The third kappa shape index (κ3) is 6.18. The van der Waals surface area contributed by atoms with Gasteiger partial charge in [-0.3, -0.25) is 9.79 Å². The van der Waals surface area contributed by atoms with Gasteiger partial charge in [-0.25, -0.2) is 4.39 Å². The summed E-state index contributed by atoms with van der Waals surface area (Å²) < 4.78 is 19.2. The van der Waals surface area contributed by atoms with Crippen LogP contribution < -0.4 is 5.32 Å². The molecule has 0 radical (unpaired) electrons. The van der Waals surface area contributed by atoms with Crippen LogP contribution in [-0.2, 0) is 13.1 Å². The monoisotopic (exact) mass is 529 g/mol. The van der Waals surface area contributed by atoms with E-state index in [1.807, 2.05) is 25.1 Å². The first-order chi connectivity index (χ1) is 14.0. The minimum Gasteiger partial charge on any atom is -0.459 e. The van der Waals surface area contributed by atoms with Crippen LogP contribution in [0.2, 0.25) is 0 Å². The van der Waals surface area contributed by atoms with Gasteiger partial charge in [0.15, 0.2) is 11.7 Å². The van der Waals surface area contributed by atoms with E-state index in [1.54, 1.807) is 30.1 Å². The number of piperazine rings is 1. The predicted octanol–water partition coefficient (Wildman–Crippen LogP) is 2.63. The fourth-order valence-corrected chi connectivity index (χ4v) is 3.39. The molecule has 1 aromatic carbocycles. The van der Waals surface area contributed by atoms with Crippen LogP contribution in [0, 0.1) is 5.82 Å². The average molecular weight is 529 g/mol. The molecule has 1 aromatic heterocycles. The highest BCUT2D eigenvalue weighted by atomic mass is 127. The summed E-state index contributed by atoms with van der Waals surface area (Å²) in [5.41, 5.74) is 1.67. The lowest BCUT2D eigenvalue weighted by Crippen LogP contribution is -2.53. The van der Waals surface area contributed by atoms with E-state index in [-0.39, 0.29) is 35.7 Å². The molecule has 1 saturated heterocycles.